The van der Waals surface area contributed by atoms with Crippen molar-refractivity contribution in [2.45, 2.75) is 18.9 Å². The molecule has 2 N–H and O–H groups in total. The molecule has 1 unspecified atom stereocenters. The zero-order valence-corrected chi connectivity index (χ0v) is 19.3. The summed E-state index contributed by atoms with van der Waals surface area (Å²) in [7, 11) is 0. The fraction of sp³-hybridized carbons (Fsp3) is 0.478. The monoisotopic (exact) mass is 485 g/mol. The van der Waals surface area contributed by atoms with Crippen LogP contribution in [0.1, 0.15) is 12.8 Å². The first-order valence-corrected chi connectivity index (χ1v) is 11.7. The number of nitrogens with one attached hydrogen (secondary N) is 1. The number of halogens is 1. The predicted octanol–water partition coefficient (Wildman–Crippen LogP) is 2.20. The van der Waals surface area contributed by atoms with Crippen LogP contribution in [-0.2, 0) is 4.74 Å². The average Bonchev–Trinajstić information content (AvgIpc) is 3.28. The number of rotatable bonds is 7. The molecular formula is C23H28FN7O4. The summed E-state index contributed by atoms with van der Waals surface area (Å²) in [5.74, 6) is 0.826. The zero-order valence-electron chi connectivity index (χ0n) is 19.3. The Bertz CT molecular complexity index is 1180. The highest BCUT2D eigenvalue weighted by Crippen LogP contribution is 2.24. The second-order valence-electron chi connectivity index (χ2n) is 8.65. The summed E-state index contributed by atoms with van der Waals surface area (Å²) in [5.41, 5.74) is 1.10. The molecule has 0 saturated carbocycles. The maximum Gasteiger partial charge on any atom is 0.407 e. The van der Waals surface area contributed by atoms with Crippen molar-refractivity contribution in [2.75, 3.05) is 57.9 Å². The van der Waals surface area contributed by atoms with Crippen LogP contribution in [0.15, 0.2) is 30.6 Å². The lowest BCUT2D eigenvalue weighted by Crippen LogP contribution is -2.44. The number of pyridine rings is 1. The molecule has 0 aromatic carbocycles. The summed E-state index contributed by atoms with van der Waals surface area (Å²) in [6.07, 6.45) is 3.58. The molecule has 0 spiro atoms. The third-order valence-electron chi connectivity index (χ3n) is 6.21. The Labute approximate surface area is 201 Å². The van der Waals surface area contributed by atoms with Gasteiger partial charge in [-0.25, -0.2) is 19.2 Å². The number of nitrogens with zero attached hydrogens (tertiary/aromatic N) is 6. The molecule has 0 aliphatic carbocycles. The number of anilines is 1. The fourth-order valence-corrected chi connectivity index (χ4v) is 4.39. The number of likely N-dealkylation sites (tertiary alicyclic amines) is 1. The van der Waals surface area contributed by atoms with Crippen molar-refractivity contribution in [3.63, 3.8) is 0 Å². The largest absolute Gasteiger partial charge is 0.476 e. The molecule has 11 nitrogen and oxygen atoms in total. The molecule has 186 valence electrons. The van der Waals surface area contributed by atoms with Crippen molar-refractivity contribution in [3.8, 4) is 17.4 Å². The van der Waals surface area contributed by atoms with Crippen molar-refractivity contribution in [3.05, 3.63) is 36.4 Å². The first kappa shape index (κ1) is 23.2. The lowest BCUT2D eigenvalue weighted by molar-refractivity contribution is 0.0320. The second-order valence-corrected chi connectivity index (χ2v) is 8.65. The molecular weight excluding hydrogens is 457 g/mol. The number of hydrogen-bond acceptors (Lipinski definition) is 8. The molecule has 12 heteroatoms. The number of hydrogen-bond donors (Lipinski definition) is 2. The van der Waals surface area contributed by atoms with Crippen molar-refractivity contribution >= 4 is 17.6 Å². The van der Waals surface area contributed by atoms with E-state index in [0.29, 0.717) is 61.8 Å². The maximum atomic E-state index is 13.9. The van der Waals surface area contributed by atoms with Gasteiger partial charge in [-0.2, -0.15) is 4.98 Å². The minimum absolute atomic E-state index is 0.0940. The van der Waals surface area contributed by atoms with E-state index in [1.54, 1.807) is 22.7 Å². The number of amides is 1. The summed E-state index contributed by atoms with van der Waals surface area (Å²) in [4.78, 5) is 28.6. The normalized spacial score (nSPS) is 19.1. The van der Waals surface area contributed by atoms with Gasteiger partial charge in [-0.1, -0.05) is 0 Å². The fourth-order valence-electron chi connectivity index (χ4n) is 4.39. The van der Waals surface area contributed by atoms with Gasteiger partial charge in [0.2, 0.25) is 5.88 Å². The van der Waals surface area contributed by atoms with Gasteiger partial charge in [-0.05, 0) is 25.0 Å². The van der Waals surface area contributed by atoms with E-state index in [4.69, 9.17) is 9.47 Å². The van der Waals surface area contributed by atoms with Crippen LogP contribution < -0.4 is 10.1 Å². The number of carboxylic acid groups (broad SMARTS) is 1. The smallest absolute Gasteiger partial charge is 0.407 e. The van der Waals surface area contributed by atoms with Crippen LogP contribution in [0.2, 0.25) is 0 Å². The van der Waals surface area contributed by atoms with Crippen LogP contribution in [0.25, 0.3) is 17.2 Å². The number of imidazole rings is 1. The van der Waals surface area contributed by atoms with Crippen LogP contribution in [0.5, 0.6) is 5.88 Å². The molecule has 5 rings (SSSR count). The van der Waals surface area contributed by atoms with E-state index >= 15 is 0 Å². The number of piperidine rings is 1. The minimum atomic E-state index is -0.931. The van der Waals surface area contributed by atoms with Gasteiger partial charge in [-0.15, -0.1) is 0 Å². The second kappa shape index (κ2) is 10.4. The summed E-state index contributed by atoms with van der Waals surface area (Å²) in [6, 6.07) is 4.56. The summed E-state index contributed by atoms with van der Waals surface area (Å²) >= 11 is 0. The van der Waals surface area contributed by atoms with Crippen molar-refractivity contribution < 1.29 is 23.8 Å². The molecule has 0 bridgehead atoms. The van der Waals surface area contributed by atoms with Gasteiger partial charge in [0.15, 0.2) is 5.82 Å². The van der Waals surface area contributed by atoms with Crippen LogP contribution in [-0.4, -0.2) is 98.9 Å². The van der Waals surface area contributed by atoms with E-state index in [-0.39, 0.29) is 6.04 Å². The van der Waals surface area contributed by atoms with E-state index in [1.165, 1.54) is 17.2 Å². The average molecular weight is 486 g/mol. The van der Waals surface area contributed by atoms with E-state index in [1.807, 2.05) is 0 Å². The Hall–Kier alpha value is -3.51. The highest BCUT2D eigenvalue weighted by atomic mass is 19.1. The lowest BCUT2D eigenvalue weighted by Gasteiger charge is -2.31. The molecule has 2 aliphatic rings. The number of ether oxygens (including phenoxy) is 2. The molecule has 2 aliphatic heterocycles. The third kappa shape index (κ3) is 5.60. The molecule has 3 aromatic rings. The summed E-state index contributed by atoms with van der Waals surface area (Å²) in [5, 5.41) is 12.7. The number of aromatic nitrogens is 4. The van der Waals surface area contributed by atoms with Gasteiger partial charge in [-0.3, -0.25) is 9.30 Å². The maximum absolute atomic E-state index is 13.9. The molecule has 2 fully saturated rings. The molecule has 35 heavy (non-hydrogen) atoms. The Morgan fingerprint density at radius 1 is 1.26 bits per heavy atom. The SMILES string of the molecule is O=C(O)N1CCCC(Nc2cc(OCCN3CCOCC3)nc(-c3cnc4ccc(F)cn34)n2)C1. The van der Waals surface area contributed by atoms with Crippen LogP contribution in [0.3, 0.4) is 0 Å². The number of morpholine rings is 1. The van der Waals surface area contributed by atoms with Crippen LogP contribution in [0, 0.1) is 5.82 Å². The van der Waals surface area contributed by atoms with Crippen molar-refractivity contribution in [2.24, 2.45) is 0 Å². The van der Waals surface area contributed by atoms with Crippen LogP contribution >= 0.6 is 0 Å². The molecule has 1 atom stereocenters. The number of fused-ring (bicyclic) bond motifs is 1. The Morgan fingerprint density at radius 2 is 2.11 bits per heavy atom. The van der Waals surface area contributed by atoms with Gasteiger partial charge in [0.25, 0.3) is 0 Å². The minimum Gasteiger partial charge on any atom is -0.476 e. The molecule has 1 amide bonds. The van der Waals surface area contributed by atoms with E-state index < -0.39 is 11.9 Å². The van der Waals surface area contributed by atoms with Gasteiger partial charge in [0, 0.05) is 51.0 Å². The van der Waals surface area contributed by atoms with Gasteiger partial charge < -0.3 is 24.8 Å². The topological polar surface area (TPSA) is 117 Å². The standard InChI is InChI=1S/C23H28FN7O4/c24-16-3-4-20-25-13-18(31(20)14-16)22-27-19(26-17-2-1-5-30(15-17)23(32)33)12-21(28-22)35-11-8-29-6-9-34-10-7-29/h3-4,12-14,17H,1-2,5-11,15H2,(H,32,33)(H,26,27,28). The first-order valence-electron chi connectivity index (χ1n) is 11.7. The molecule has 5 heterocycles. The third-order valence-corrected chi connectivity index (χ3v) is 6.21. The Balaban J connectivity index is 1.39. The van der Waals surface area contributed by atoms with Crippen LogP contribution in [0.4, 0.5) is 15.0 Å². The molecule has 2 saturated heterocycles. The molecule has 0 radical (unpaired) electrons. The van der Waals surface area contributed by atoms with E-state index in [0.717, 1.165) is 32.5 Å². The van der Waals surface area contributed by atoms with E-state index in [2.05, 4.69) is 25.2 Å². The van der Waals surface area contributed by atoms with Crippen molar-refractivity contribution in [1.82, 2.24) is 29.2 Å². The van der Waals surface area contributed by atoms with Gasteiger partial charge in [0.05, 0.1) is 19.4 Å². The Morgan fingerprint density at radius 3 is 2.94 bits per heavy atom. The summed E-state index contributed by atoms with van der Waals surface area (Å²) < 4.78 is 26.9. The highest BCUT2D eigenvalue weighted by molar-refractivity contribution is 5.65. The lowest BCUT2D eigenvalue weighted by atomic mass is 10.1. The van der Waals surface area contributed by atoms with Crippen molar-refractivity contribution in [1.29, 1.82) is 0 Å². The zero-order chi connectivity index (χ0) is 24.2. The van der Waals surface area contributed by atoms with Gasteiger partial charge >= 0.3 is 6.09 Å². The van der Waals surface area contributed by atoms with E-state index in [9.17, 15) is 14.3 Å². The van der Waals surface area contributed by atoms with Gasteiger partial charge in [0.1, 0.15) is 29.6 Å². The highest BCUT2D eigenvalue weighted by Gasteiger charge is 2.24. The quantitative estimate of drug-likeness (QED) is 0.519. The number of carbonyl (C=O) groups is 1. The Kier molecular flexibility index (Phi) is 6.91. The first-order chi connectivity index (χ1) is 17.0. The summed E-state index contributed by atoms with van der Waals surface area (Å²) in [6.45, 7) is 5.21. The predicted molar refractivity (Wildman–Crippen MR) is 125 cm³/mol. The molecule has 3 aromatic heterocycles.